The van der Waals surface area contributed by atoms with Crippen molar-refractivity contribution in [2.45, 2.75) is 0 Å². The first kappa shape index (κ1) is 17.1. The molecule has 0 bridgehead atoms. The Kier molecular flexibility index (Phi) is 4.75. The van der Waals surface area contributed by atoms with Crippen LogP contribution in [-0.2, 0) is 0 Å². The van der Waals surface area contributed by atoms with Gasteiger partial charge in [-0.25, -0.2) is 0 Å². The van der Waals surface area contributed by atoms with Gasteiger partial charge in [-0.2, -0.15) is 0 Å². The number of hydrogen-bond acceptors (Lipinski definition) is 2. The van der Waals surface area contributed by atoms with Crippen LogP contribution in [0.15, 0.2) is 91.3 Å². The van der Waals surface area contributed by atoms with Crippen molar-refractivity contribution < 1.29 is 8.63 Å². The average molecular weight is 356 g/mol. The molecule has 0 spiro atoms. The molecule has 5 heteroatoms. The van der Waals surface area contributed by atoms with Gasteiger partial charge in [-0.3, -0.25) is 18.6 Å². The quantitative estimate of drug-likeness (QED) is 0.475. The minimum absolute atomic E-state index is 0.0475. The Morgan fingerprint density at radius 1 is 0.667 bits per heavy atom. The summed E-state index contributed by atoms with van der Waals surface area (Å²) in [5, 5.41) is 0. The predicted molar refractivity (Wildman–Crippen MR) is 106 cm³/mol. The zero-order valence-electron chi connectivity index (χ0n) is 14.4. The molecule has 2 aromatic heterocycles. The predicted octanol–water partition coefficient (Wildman–Crippen LogP) is 5.11. The van der Waals surface area contributed by atoms with E-state index >= 15 is 0 Å². The van der Waals surface area contributed by atoms with Crippen LogP contribution in [0.5, 0.6) is 0 Å². The third kappa shape index (κ3) is 3.36. The SMILES string of the molecule is FB(F)c1c(-c2ccccn2)cnc(-c2ccccc2)c1-c1ccccc1. The zero-order chi connectivity index (χ0) is 18.6. The summed E-state index contributed by atoms with van der Waals surface area (Å²) in [7, 11) is -2.66. The Bertz CT molecular complexity index is 1040. The lowest BCUT2D eigenvalue weighted by Gasteiger charge is -2.17. The molecule has 2 heterocycles. The first-order valence-corrected chi connectivity index (χ1v) is 8.59. The van der Waals surface area contributed by atoms with Gasteiger partial charge >= 0.3 is 7.27 Å². The van der Waals surface area contributed by atoms with Crippen molar-refractivity contribution in [1.82, 2.24) is 9.97 Å². The Balaban J connectivity index is 2.07. The molecule has 0 amide bonds. The molecule has 0 aliphatic carbocycles. The van der Waals surface area contributed by atoms with Crippen LogP contribution in [0.4, 0.5) is 8.63 Å². The highest BCUT2D eigenvalue weighted by Gasteiger charge is 2.29. The smallest absolute Gasteiger partial charge is 0.281 e. The lowest BCUT2D eigenvalue weighted by atomic mass is 9.75. The van der Waals surface area contributed by atoms with Gasteiger partial charge in [-0.15, -0.1) is 0 Å². The lowest BCUT2D eigenvalue weighted by Crippen LogP contribution is -2.27. The summed E-state index contributed by atoms with van der Waals surface area (Å²) < 4.78 is 28.6. The Morgan fingerprint density at radius 2 is 1.30 bits per heavy atom. The normalized spacial score (nSPS) is 10.6. The molecular formula is C22H15BF2N2. The lowest BCUT2D eigenvalue weighted by molar-refractivity contribution is 0.685. The van der Waals surface area contributed by atoms with Crippen molar-refractivity contribution in [2.24, 2.45) is 0 Å². The third-order valence-electron chi connectivity index (χ3n) is 4.39. The third-order valence-corrected chi connectivity index (χ3v) is 4.39. The van der Waals surface area contributed by atoms with Gasteiger partial charge in [-0.1, -0.05) is 66.7 Å². The van der Waals surface area contributed by atoms with Gasteiger partial charge in [0.05, 0.1) is 11.4 Å². The van der Waals surface area contributed by atoms with Gasteiger partial charge in [0.1, 0.15) is 0 Å². The van der Waals surface area contributed by atoms with Crippen LogP contribution in [0.25, 0.3) is 33.6 Å². The number of nitrogens with zero attached hydrogens (tertiary/aromatic N) is 2. The maximum Gasteiger partial charge on any atom is 0.573 e. The van der Waals surface area contributed by atoms with Gasteiger partial charge in [-0.05, 0) is 17.7 Å². The van der Waals surface area contributed by atoms with Crippen LogP contribution in [0.2, 0.25) is 0 Å². The Morgan fingerprint density at radius 3 is 1.89 bits per heavy atom. The van der Waals surface area contributed by atoms with Crippen molar-refractivity contribution >= 4 is 12.7 Å². The van der Waals surface area contributed by atoms with E-state index in [1.165, 1.54) is 6.20 Å². The summed E-state index contributed by atoms with van der Waals surface area (Å²) in [6, 6.07) is 23.9. The van der Waals surface area contributed by atoms with Crippen molar-refractivity contribution in [1.29, 1.82) is 0 Å². The molecular weight excluding hydrogens is 341 g/mol. The van der Waals surface area contributed by atoms with Gasteiger partial charge < -0.3 is 0 Å². The second kappa shape index (κ2) is 7.50. The molecule has 0 saturated heterocycles. The highest BCUT2D eigenvalue weighted by molar-refractivity contribution is 6.64. The topological polar surface area (TPSA) is 25.8 Å². The molecule has 4 rings (SSSR count). The van der Waals surface area contributed by atoms with Crippen LogP contribution >= 0.6 is 0 Å². The van der Waals surface area contributed by atoms with E-state index in [1.807, 2.05) is 60.7 Å². The van der Waals surface area contributed by atoms with Crippen LogP contribution in [0, 0.1) is 0 Å². The summed E-state index contributed by atoms with van der Waals surface area (Å²) in [5.41, 5.74) is 3.27. The van der Waals surface area contributed by atoms with Gasteiger partial charge in [0.15, 0.2) is 0 Å². The zero-order valence-corrected chi connectivity index (χ0v) is 14.4. The number of aromatic nitrogens is 2. The first-order valence-electron chi connectivity index (χ1n) is 8.59. The van der Waals surface area contributed by atoms with Crippen LogP contribution in [0.1, 0.15) is 0 Å². The Hall–Kier alpha value is -3.34. The fourth-order valence-electron chi connectivity index (χ4n) is 3.19. The monoisotopic (exact) mass is 356 g/mol. The number of rotatable bonds is 4. The van der Waals surface area contributed by atoms with E-state index in [2.05, 4.69) is 9.97 Å². The van der Waals surface area contributed by atoms with E-state index in [-0.39, 0.29) is 5.46 Å². The van der Waals surface area contributed by atoms with Crippen molar-refractivity contribution in [3.8, 4) is 33.6 Å². The van der Waals surface area contributed by atoms with Gasteiger partial charge in [0.25, 0.3) is 0 Å². The minimum Gasteiger partial charge on any atom is -0.281 e. The molecule has 0 aliphatic rings. The average Bonchev–Trinajstić information content (AvgIpc) is 2.74. The molecule has 27 heavy (non-hydrogen) atoms. The Labute approximate surface area is 156 Å². The van der Waals surface area contributed by atoms with Crippen LogP contribution < -0.4 is 5.46 Å². The molecule has 2 nitrogen and oxygen atoms in total. The maximum absolute atomic E-state index is 14.3. The fourth-order valence-corrected chi connectivity index (χ4v) is 3.19. The summed E-state index contributed by atoms with van der Waals surface area (Å²) >= 11 is 0. The number of benzene rings is 2. The molecule has 0 saturated carbocycles. The standard InChI is InChI=1S/C22H15BF2N2/c24-23(25)21-18(19-13-7-8-14-26-19)15-27-22(17-11-5-2-6-12-17)20(21)16-9-3-1-4-10-16/h1-15H. The molecule has 130 valence electrons. The van der Waals surface area contributed by atoms with Gasteiger partial charge in [0.2, 0.25) is 0 Å². The second-order valence-corrected chi connectivity index (χ2v) is 6.06. The molecule has 0 atom stereocenters. The minimum atomic E-state index is -2.66. The van der Waals surface area contributed by atoms with E-state index in [0.717, 1.165) is 5.56 Å². The number of pyridine rings is 2. The molecule has 0 aliphatic heterocycles. The van der Waals surface area contributed by atoms with Crippen LogP contribution in [-0.4, -0.2) is 17.2 Å². The van der Waals surface area contributed by atoms with Gasteiger partial charge in [0, 0.05) is 34.5 Å². The van der Waals surface area contributed by atoms with Crippen molar-refractivity contribution in [3.63, 3.8) is 0 Å². The molecule has 4 aromatic rings. The summed E-state index contributed by atoms with van der Waals surface area (Å²) in [4.78, 5) is 8.83. The van der Waals surface area contributed by atoms with E-state index in [1.54, 1.807) is 24.4 Å². The highest BCUT2D eigenvalue weighted by atomic mass is 19.2. The molecule has 0 N–H and O–H groups in total. The molecule has 0 fully saturated rings. The summed E-state index contributed by atoms with van der Waals surface area (Å²) in [6.45, 7) is 0. The van der Waals surface area contributed by atoms with Crippen LogP contribution in [0.3, 0.4) is 0 Å². The van der Waals surface area contributed by atoms with E-state index < -0.39 is 7.27 Å². The summed E-state index contributed by atoms with van der Waals surface area (Å²) in [5.74, 6) is 0. The highest BCUT2D eigenvalue weighted by Crippen LogP contribution is 2.32. The number of hydrogen-bond donors (Lipinski definition) is 0. The van der Waals surface area contributed by atoms with E-state index in [9.17, 15) is 8.63 Å². The maximum atomic E-state index is 14.3. The molecule has 0 radical (unpaired) electrons. The fraction of sp³-hybridized carbons (Fsp3) is 0. The van der Waals surface area contributed by atoms with E-state index in [0.29, 0.717) is 28.1 Å². The molecule has 2 aromatic carbocycles. The molecule has 0 unspecified atom stereocenters. The largest absolute Gasteiger partial charge is 0.573 e. The second-order valence-electron chi connectivity index (χ2n) is 6.06. The van der Waals surface area contributed by atoms with Crippen molar-refractivity contribution in [2.75, 3.05) is 0 Å². The first-order chi connectivity index (χ1) is 13.3. The number of halogens is 2. The summed E-state index contributed by atoms with van der Waals surface area (Å²) in [6.07, 6.45) is 3.09. The van der Waals surface area contributed by atoms with Crippen molar-refractivity contribution in [3.05, 3.63) is 91.3 Å². The van der Waals surface area contributed by atoms with E-state index in [4.69, 9.17) is 0 Å².